The number of hydrogen-bond acceptors (Lipinski definition) is 5. The summed E-state index contributed by atoms with van der Waals surface area (Å²) in [5.74, 6) is 0.243. The second-order valence-corrected chi connectivity index (χ2v) is 7.23. The molecular formula is C12H16N2O4S. The zero-order chi connectivity index (χ0) is 14.0. The highest BCUT2D eigenvalue weighted by molar-refractivity contribution is 7.92. The normalized spacial score (nSPS) is 21.2. The second kappa shape index (κ2) is 5.16. The summed E-state index contributed by atoms with van der Waals surface area (Å²) in [5.41, 5.74) is 1.37. The minimum atomic E-state index is -2.99. The number of nitro groups is 1. The van der Waals surface area contributed by atoms with Crippen molar-refractivity contribution in [3.05, 3.63) is 33.9 Å². The number of aryl methyl sites for hydroxylation is 1. The second-order valence-electron chi connectivity index (χ2n) is 4.83. The van der Waals surface area contributed by atoms with Gasteiger partial charge in [-0.3, -0.25) is 10.1 Å². The van der Waals surface area contributed by atoms with Gasteiger partial charge in [-0.1, -0.05) is 0 Å². The molecule has 1 atom stereocenters. The Labute approximate surface area is 111 Å². The summed E-state index contributed by atoms with van der Waals surface area (Å²) < 4.78 is 23.4. The highest BCUT2D eigenvalue weighted by Gasteiger charge is 2.30. The molecule has 1 aliphatic heterocycles. The van der Waals surface area contributed by atoms with Crippen molar-refractivity contribution in [3.8, 4) is 0 Å². The molecule has 0 aliphatic carbocycles. The first-order valence-electron chi connectivity index (χ1n) is 6.10. The lowest BCUT2D eigenvalue weighted by molar-refractivity contribution is -0.384. The van der Waals surface area contributed by atoms with Crippen molar-refractivity contribution in [1.82, 2.24) is 0 Å². The Morgan fingerprint density at radius 2 is 2.16 bits per heavy atom. The van der Waals surface area contributed by atoms with Crippen LogP contribution >= 0.6 is 0 Å². The third-order valence-electron chi connectivity index (χ3n) is 3.27. The standard InChI is InChI=1S/C12H16N2O4S/c1-9-5-10(7-11(6-9)14(15)16)13-8-12-3-2-4-19(12,17)18/h5-7,12-13H,2-4,8H2,1H3. The van der Waals surface area contributed by atoms with E-state index in [-0.39, 0.29) is 16.7 Å². The molecule has 1 aromatic carbocycles. The average molecular weight is 284 g/mol. The van der Waals surface area contributed by atoms with Gasteiger partial charge in [0.05, 0.1) is 15.9 Å². The third kappa shape index (κ3) is 3.23. The fraction of sp³-hybridized carbons (Fsp3) is 0.500. The van der Waals surface area contributed by atoms with Crippen LogP contribution in [0.25, 0.3) is 0 Å². The molecule has 0 amide bonds. The number of non-ortho nitro benzene ring substituents is 1. The van der Waals surface area contributed by atoms with E-state index in [4.69, 9.17) is 0 Å². The molecule has 1 unspecified atom stereocenters. The summed E-state index contributed by atoms with van der Waals surface area (Å²) in [5, 5.41) is 13.4. The topological polar surface area (TPSA) is 89.3 Å². The van der Waals surface area contributed by atoms with Gasteiger partial charge in [0.25, 0.3) is 5.69 Å². The van der Waals surface area contributed by atoms with Crippen molar-refractivity contribution < 1.29 is 13.3 Å². The zero-order valence-corrected chi connectivity index (χ0v) is 11.4. The van der Waals surface area contributed by atoms with Crippen LogP contribution in [0.15, 0.2) is 18.2 Å². The molecule has 1 aliphatic rings. The van der Waals surface area contributed by atoms with Crippen LogP contribution in [0, 0.1) is 17.0 Å². The van der Waals surface area contributed by atoms with Crippen LogP contribution in [0.2, 0.25) is 0 Å². The Balaban J connectivity index is 2.10. The molecule has 2 rings (SSSR count). The first-order chi connectivity index (χ1) is 8.88. The van der Waals surface area contributed by atoms with E-state index in [2.05, 4.69) is 5.32 Å². The molecule has 0 bridgehead atoms. The van der Waals surface area contributed by atoms with Gasteiger partial charge in [0.1, 0.15) is 0 Å². The maximum Gasteiger partial charge on any atom is 0.271 e. The molecule has 0 spiro atoms. The minimum absolute atomic E-state index is 0.0109. The Kier molecular flexibility index (Phi) is 3.75. The van der Waals surface area contributed by atoms with E-state index < -0.39 is 14.8 Å². The predicted octanol–water partition coefficient (Wildman–Crippen LogP) is 1.89. The van der Waals surface area contributed by atoms with Crippen molar-refractivity contribution in [1.29, 1.82) is 0 Å². The fourth-order valence-electron chi connectivity index (χ4n) is 2.29. The number of nitrogens with zero attached hydrogens (tertiary/aromatic N) is 1. The van der Waals surface area contributed by atoms with Crippen molar-refractivity contribution in [3.63, 3.8) is 0 Å². The maximum absolute atomic E-state index is 11.7. The van der Waals surface area contributed by atoms with Gasteiger partial charge in [-0.25, -0.2) is 8.42 Å². The Morgan fingerprint density at radius 3 is 2.74 bits per heavy atom. The van der Waals surface area contributed by atoms with E-state index in [1.54, 1.807) is 13.0 Å². The van der Waals surface area contributed by atoms with E-state index in [1.807, 2.05) is 0 Å². The van der Waals surface area contributed by atoms with E-state index in [0.29, 0.717) is 25.1 Å². The molecular weight excluding hydrogens is 268 g/mol. The number of anilines is 1. The monoisotopic (exact) mass is 284 g/mol. The Morgan fingerprint density at radius 1 is 1.42 bits per heavy atom. The lowest BCUT2D eigenvalue weighted by atomic mass is 10.2. The lowest BCUT2D eigenvalue weighted by Crippen LogP contribution is -2.25. The fourth-order valence-corrected chi connectivity index (χ4v) is 4.05. The minimum Gasteiger partial charge on any atom is -0.384 e. The molecule has 1 aromatic rings. The van der Waals surface area contributed by atoms with E-state index >= 15 is 0 Å². The maximum atomic E-state index is 11.7. The third-order valence-corrected chi connectivity index (χ3v) is 5.55. The summed E-state index contributed by atoms with van der Waals surface area (Å²) in [6, 6.07) is 4.68. The molecule has 19 heavy (non-hydrogen) atoms. The quantitative estimate of drug-likeness (QED) is 0.673. The SMILES string of the molecule is Cc1cc(NCC2CCCS2(=O)=O)cc([N+](=O)[O-])c1. The van der Waals surface area contributed by atoms with E-state index in [9.17, 15) is 18.5 Å². The van der Waals surface area contributed by atoms with Gasteiger partial charge < -0.3 is 5.32 Å². The number of sulfone groups is 1. The zero-order valence-electron chi connectivity index (χ0n) is 10.6. The van der Waals surface area contributed by atoms with Gasteiger partial charge in [-0.2, -0.15) is 0 Å². The first kappa shape index (κ1) is 13.8. The molecule has 1 heterocycles. The van der Waals surface area contributed by atoms with Gasteiger partial charge >= 0.3 is 0 Å². The van der Waals surface area contributed by atoms with Crippen molar-refractivity contribution in [2.24, 2.45) is 0 Å². The highest BCUT2D eigenvalue weighted by Crippen LogP contribution is 2.23. The molecule has 7 heteroatoms. The number of benzene rings is 1. The molecule has 0 saturated carbocycles. The van der Waals surface area contributed by atoms with Crippen LogP contribution in [-0.2, 0) is 9.84 Å². The molecule has 1 saturated heterocycles. The average Bonchev–Trinajstić information content (AvgIpc) is 2.65. The number of nitro benzene ring substituents is 1. The van der Waals surface area contributed by atoms with E-state index in [0.717, 1.165) is 5.56 Å². The molecule has 0 radical (unpaired) electrons. The van der Waals surface area contributed by atoms with Crippen LogP contribution in [0.3, 0.4) is 0 Å². The van der Waals surface area contributed by atoms with Crippen LogP contribution in [0.4, 0.5) is 11.4 Å². The Hall–Kier alpha value is -1.63. The van der Waals surface area contributed by atoms with Crippen molar-refractivity contribution in [2.75, 3.05) is 17.6 Å². The van der Waals surface area contributed by atoms with Crippen LogP contribution < -0.4 is 5.32 Å². The van der Waals surface area contributed by atoms with Crippen molar-refractivity contribution in [2.45, 2.75) is 25.0 Å². The van der Waals surface area contributed by atoms with Gasteiger partial charge in [0.2, 0.25) is 0 Å². The van der Waals surface area contributed by atoms with Gasteiger partial charge in [0.15, 0.2) is 9.84 Å². The molecule has 1 fully saturated rings. The van der Waals surface area contributed by atoms with Crippen LogP contribution in [0.1, 0.15) is 18.4 Å². The highest BCUT2D eigenvalue weighted by atomic mass is 32.2. The van der Waals surface area contributed by atoms with E-state index in [1.165, 1.54) is 12.1 Å². The van der Waals surface area contributed by atoms with Crippen LogP contribution in [-0.4, -0.2) is 30.9 Å². The first-order valence-corrected chi connectivity index (χ1v) is 7.81. The smallest absolute Gasteiger partial charge is 0.271 e. The molecule has 1 N–H and O–H groups in total. The summed E-state index contributed by atoms with van der Waals surface area (Å²) in [6.45, 7) is 2.08. The summed E-state index contributed by atoms with van der Waals surface area (Å²) in [4.78, 5) is 10.3. The summed E-state index contributed by atoms with van der Waals surface area (Å²) in [6.07, 6.45) is 1.35. The summed E-state index contributed by atoms with van der Waals surface area (Å²) in [7, 11) is -2.99. The number of hydrogen-bond donors (Lipinski definition) is 1. The van der Waals surface area contributed by atoms with Gasteiger partial charge in [-0.05, 0) is 31.4 Å². The van der Waals surface area contributed by atoms with Gasteiger partial charge in [0, 0.05) is 24.4 Å². The summed E-state index contributed by atoms with van der Waals surface area (Å²) >= 11 is 0. The number of nitrogens with one attached hydrogen (secondary N) is 1. The van der Waals surface area contributed by atoms with Gasteiger partial charge in [-0.15, -0.1) is 0 Å². The van der Waals surface area contributed by atoms with Crippen molar-refractivity contribution >= 4 is 21.2 Å². The predicted molar refractivity (Wildman–Crippen MR) is 73.1 cm³/mol. The lowest BCUT2D eigenvalue weighted by Gasteiger charge is -2.12. The molecule has 0 aromatic heterocycles. The molecule has 104 valence electrons. The Bertz CT molecular complexity index is 598. The number of rotatable bonds is 4. The van der Waals surface area contributed by atoms with Crippen LogP contribution in [0.5, 0.6) is 0 Å². The molecule has 6 nitrogen and oxygen atoms in total. The largest absolute Gasteiger partial charge is 0.384 e.